The highest BCUT2D eigenvalue weighted by molar-refractivity contribution is 5.91. The maximum atomic E-state index is 6.09. The van der Waals surface area contributed by atoms with Crippen LogP contribution in [-0.2, 0) is 12.8 Å². The summed E-state index contributed by atoms with van der Waals surface area (Å²) in [6.45, 7) is 0. The fraction of sp³-hybridized carbons (Fsp3) is 0.385. The molecule has 0 radical (unpaired) electrons. The number of aromatic amines is 1. The number of nitrogens with two attached hydrogens (primary N) is 1. The van der Waals surface area contributed by atoms with Crippen LogP contribution in [-0.4, -0.2) is 30.0 Å². The van der Waals surface area contributed by atoms with Gasteiger partial charge < -0.3 is 15.6 Å². The number of benzene rings is 1. The van der Waals surface area contributed by atoms with E-state index in [4.69, 9.17) is 5.73 Å². The van der Waals surface area contributed by atoms with Crippen molar-refractivity contribution in [3.8, 4) is 0 Å². The van der Waals surface area contributed by atoms with Gasteiger partial charge in [-0.15, -0.1) is 0 Å². The fourth-order valence-corrected chi connectivity index (χ4v) is 2.70. The molecule has 84 valence electrons. The van der Waals surface area contributed by atoms with Crippen LogP contribution in [0.1, 0.15) is 11.1 Å². The Hall–Kier alpha value is -1.48. The molecule has 0 fully saturated rings. The number of nitrogens with one attached hydrogen (secondary N) is 1. The average molecular weight is 215 g/mol. The first kappa shape index (κ1) is 9.73. The van der Waals surface area contributed by atoms with Crippen LogP contribution in [0.15, 0.2) is 18.3 Å². The summed E-state index contributed by atoms with van der Waals surface area (Å²) >= 11 is 0. The van der Waals surface area contributed by atoms with Gasteiger partial charge in [-0.3, -0.25) is 0 Å². The van der Waals surface area contributed by atoms with E-state index in [9.17, 15) is 0 Å². The van der Waals surface area contributed by atoms with Crippen molar-refractivity contribution in [3.63, 3.8) is 0 Å². The molecule has 2 aromatic rings. The minimum atomic E-state index is 0.566. The summed E-state index contributed by atoms with van der Waals surface area (Å²) in [5.74, 6) is 0. The molecule has 1 aliphatic rings. The number of nitrogen functional groups attached to an aromatic ring is 1. The number of aromatic nitrogens is 1. The monoisotopic (exact) mass is 215 g/mol. The Morgan fingerprint density at radius 3 is 2.88 bits per heavy atom. The summed E-state index contributed by atoms with van der Waals surface area (Å²) in [5, 5.41) is 1.36. The third-order valence-corrected chi connectivity index (χ3v) is 3.70. The molecule has 3 rings (SSSR count). The van der Waals surface area contributed by atoms with E-state index in [-0.39, 0.29) is 0 Å². The maximum absolute atomic E-state index is 6.09. The summed E-state index contributed by atoms with van der Waals surface area (Å²) in [5.41, 5.74) is 11.0. The molecule has 3 nitrogen and oxygen atoms in total. The second-order valence-electron chi connectivity index (χ2n) is 4.90. The number of hydrogen-bond acceptors (Lipinski definition) is 2. The molecule has 3 heteroatoms. The quantitative estimate of drug-likeness (QED) is 0.712. The number of rotatable bonds is 1. The van der Waals surface area contributed by atoms with E-state index in [1.165, 1.54) is 22.0 Å². The van der Waals surface area contributed by atoms with Gasteiger partial charge in [0.1, 0.15) is 0 Å². The highest BCUT2D eigenvalue weighted by Gasteiger charge is 2.24. The minimum absolute atomic E-state index is 0.566. The van der Waals surface area contributed by atoms with Gasteiger partial charge in [0.25, 0.3) is 0 Å². The molecule has 1 aliphatic carbocycles. The Kier molecular flexibility index (Phi) is 1.98. The fourth-order valence-electron chi connectivity index (χ4n) is 2.70. The van der Waals surface area contributed by atoms with E-state index in [1.54, 1.807) is 0 Å². The first-order valence-electron chi connectivity index (χ1n) is 5.70. The van der Waals surface area contributed by atoms with Crippen LogP contribution in [0, 0.1) is 0 Å². The number of nitrogens with zero attached hydrogens (tertiary/aromatic N) is 1. The van der Waals surface area contributed by atoms with Gasteiger partial charge in [0.15, 0.2) is 0 Å². The molecule has 1 heterocycles. The number of anilines is 1. The molecule has 0 saturated carbocycles. The Labute approximate surface area is 95.2 Å². The van der Waals surface area contributed by atoms with Crippen molar-refractivity contribution in [3.05, 3.63) is 29.5 Å². The van der Waals surface area contributed by atoms with Crippen LogP contribution < -0.4 is 5.73 Å². The van der Waals surface area contributed by atoms with Crippen molar-refractivity contribution in [1.82, 2.24) is 9.88 Å². The van der Waals surface area contributed by atoms with Crippen molar-refractivity contribution < 1.29 is 0 Å². The summed E-state index contributed by atoms with van der Waals surface area (Å²) in [6, 6.07) is 4.65. The lowest BCUT2D eigenvalue weighted by Gasteiger charge is -2.29. The average Bonchev–Trinajstić information content (AvgIpc) is 2.67. The lowest BCUT2D eigenvalue weighted by atomic mass is 9.88. The van der Waals surface area contributed by atoms with E-state index in [0.717, 1.165) is 18.5 Å². The first-order chi connectivity index (χ1) is 7.66. The van der Waals surface area contributed by atoms with Crippen LogP contribution in [0.2, 0.25) is 0 Å². The van der Waals surface area contributed by atoms with Crippen molar-refractivity contribution >= 4 is 16.6 Å². The second-order valence-corrected chi connectivity index (χ2v) is 4.90. The smallest absolute Gasteiger partial charge is 0.0461 e. The van der Waals surface area contributed by atoms with E-state index >= 15 is 0 Å². The molecule has 16 heavy (non-hydrogen) atoms. The molecule has 0 spiro atoms. The van der Waals surface area contributed by atoms with Gasteiger partial charge in [-0.05, 0) is 50.2 Å². The van der Waals surface area contributed by atoms with Gasteiger partial charge in [-0.1, -0.05) is 0 Å². The van der Waals surface area contributed by atoms with Crippen LogP contribution in [0.3, 0.4) is 0 Å². The zero-order valence-corrected chi connectivity index (χ0v) is 9.75. The third-order valence-electron chi connectivity index (χ3n) is 3.70. The van der Waals surface area contributed by atoms with Gasteiger partial charge in [-0.25, -0.2) is 0 Å². The summed E-state index contributed by atoms with van der Waals surface area (Å²) < 4.78 is 0. The summed E-state index contributed by atoms with van der Waals surface area (Å²) in [4.78, 5) is 5.62. The summed E-state index contributed by atoms with van der Waals surface area (Å²) in [6.07, 6.45) is 4.30. The molecule has 0 bridgehead atoms. The van der Waals surface area contributed by atoms with Gasteiger partial charge in [0.05, 0.1) is 0 Å². The van der Waals surface area contributed by atoms with Gasteiger partial charge in [0, 0.05) is 28.8 Å². The predicted molar refractivity (Wildman–Crippen MR) is 67.6 cm³/mol. The lowest BCUT2D eigenvalue weighted by molar-refractivity contribution is 0.288. The highest BCUT2D eigenvalue weighted by atomic mass is 15.1. The van der Waals surface area contributed by atoms with Crippen LogP contribution in [0.25, 0.3) is 10.9 Å². The predicted octanol–water partition coefficient (Wildman–Crippen LogP) is 1.78. The van der Waals surface area contributed by atoms with Crippen molar-refractivity contribution in [2.24, 2.45) is 0 Å². The zero-order chi connectivity index (χ0) is 11.3. The molecular formula is C13H17N3. The van der Waals surface area contributed by atoms with Gasteiger partial charge in [-0.2, -0.15) is 0 Å². The van der Waals surface area contributed by atoms with Crippen molar-refractivity contribution in [1.29, 1.82) is 0 Å². The maximum Gasteiger partial charge on any atom is 0.0461 e. The lowest BCUT2D eigenvalue weighted by Crippen LogP contribution is -2.34. The Bertz CT molecular complexity index is 539. The van der Waals surface area contributed by atoms with E-state index in [2.05, 4.69) is 36.2 Å². The molecule has 0 saturated heterocycles. The molecule has 0 aliphatic heterocycles. The largest absolute Gasteiger partial charge is 0.398 e. The van der Waals surface area contributed by atoms with Crippen LogP contribution in [0.4, 0.5) is 5.69 Å². The van der Waals surface area contributed by atoms with E-state index in [1.807, 2.05) is 6.07 Å². The number of H-pyrrole nitrogens is 1. The Balaban J connectivity index is 2.21. The van der Waals surface area contributed by atoms with Crippen LogP contribution in [0.5, 0.6) is 0 Å². The molecule has 1 aromatic heterocycles. The summed E-state index contributed by atoms with van der Waals surface area (Å²) in [7, 11) is 4.28. The Morgan fingerprint density at radius 2 is 2.12 bits per heavy atom. The molecular weight excluding hydrogens is 198 g/mol. The van der Waals surface area contributed by atoms with Crippen LogP contribution >= 0.6 is 0 Å². The highest BCUT2D eigenvalue weighted by Crippen LogP contribution is 2.34. The zero-order valence-electron chi connectivity index (χ0n) is 9.75. The standard InChI is InChI=1S/C13H17N3/c1-16(2)9-5-8-7-15-12-4-3-11(14)10(6-9)13(8)12/h3-4,7,9,15H,5-6,14H2,1-2H3. The van der Waals surface area contributed by atoms with Gasteiger partial charge in [0.2, 0.25) is 0 Å². The number of hydrogen-bond donors (Lipinski definition) is 2. The normalized spacial score (nSPS) is 19.6. The molecule has 1 aromatic carbocycles. The minimum Gasteiger partial charge on any atom is -0.398 e. The topological polar surface area (TPSA) is 45.0 Å². The second kappa shape index (κ2) is 3.25. The van der Waals surface area contributed by atoms with E-state index < -0.39 is 0 Å². The first-order valence-corrected chi connectivity index (χ1v) is 5.70. The molecule has 1 atom stereocenters. The van der Waals surface area contributed by atoms with E-state index in [0.29, 0.717) is 6.04 Å². The molecule has 0 amide bonds. The van der Waals surface area contributed by atoms with Crippen molar-refractivity contribution in [2.45, 2.75) is 18.9 Å². The molecule has 1 unspecified atom stereocenters. The van der Waals surface area contributed by atoms with Gasteiger partial charge >= 0.3 is 0 Å². The van der Waals surface area contributed by atoms with Crippen molar-refractivity contribution in [2.75, 3.05) is 19.8 Å². The third kappa shape index (κ3) is 1.25. The number of likely N-dealkylation sites (N-methyl/N-ethyl adjacent to an activating group) is 1. The Morgan fingerprint density at radius 1 is 1.31 bits per heavy atom. The molecule has 3 N–H and O–H groups in total. The SMILES string of the molecule is CN(C)C1Cc2c[nH]c3ccc(N)c(c23)C1.